The van der Waals surface area contributed by atoms with Gasteiger partial charge in [-0.2, -0.15) is 0 Å². The molecule has 0 spiro atoms. The maximum atomic E-state index is 15.2. The second kappa shape index (κ2) is 12.7. The average Bonchev–Trinajstić information content (AvgIpc) is 2.92. The summed E-state index contributed by atoms with van der Waals surface area (Å²) in [5.41, 5.74) is -0.723. The van der Waals surface area contributed by atoms with Crippen molar-refractivity contribution >= 4 is 23.1 Å². The van der Waals surface area contributed by atoms with Crippen LogP contribution in [0.3, 0.4) is 0 Å². The summed E-state index contributed by atoms with van der Waals surface area (Å²) in [7, 11) is 0. The topological polar surface area (TPSA) is 112 Å². The Labute approximate surface area is 263 Å². The van der Waals surface area contributed by atoms with Crippen LogP contribution in [0.4, 0.5) is 0 Å². The summed E-state index contributed by atoms with van der Waals surface area (Å²) in [4.78, 5) is 44.9. The number of phenols is 2. The lowest BCUT2D eigenvalue weighted by Crippen LogP contribution is -2.70. The SMILES string of the molecule is C=C(C)CC[C@@H]1C[C@]2(CCC(=C)C)C(=O)/C(=C(/O)c3ccc(O)c(O)c3)C(=O)[C@@](C[C@H](CC=C(C)C)C(=C)C)(C2=O)C1(C)C. The number of phenolic OH excluding ortho intramolecular Hbond substituents is 2. The van der Waals surface area contributed by atoms with Crippen LogP contribution < -0.4 is 0 Å². The first kappa shape index (κ1) is 34.8. The third-order valence-electron chi connectivity index (χ3n) is 10.3. The lowest BCUT2D eigenvalue weighted by atomic mass is 9.38. The third kappa shape index (κ3) is 6.00. The van der Waals surface area contributed by atoms with Gasteiger partial charge in [0.1, 0.15) is 11.3 Å². The molecule has 0 amide bonds. The van der Waals surface area contributed by atoms with Crippen LogP contribution in [0.5, 0.6) is 11.5 Å². The van der Waals surface area contributed by atoms with E-state index in [0.29, 0.717) is 25.7 Å². The first-order valence-corrected chi connectivity index (χ1v) is 15.5. The average molecular weight is 603 g/mol. The number of carbonyl (C=O) groups is 3. The number of aromatic hydroxyl groups is 2. The molecule has 238 valence electrons. The summed E-state index contributed by atoms with van der Waals surface area (Å²) >= 11 is 0. The van der Waals surface area contributed by atoms with Crippen LogP contribution in [-0.2, 0) is 14.4 Å². The second-order valence-electron chi connectivity index (χ2n) is 14.2. The molecule has 3 N–H and O–H groups in total. The lowest BCUT2D eigenvalue weighted by Gasteiger charge is -2.61. The summed E-state index contributed by atoms with van der Waals surface area (Å²) in [6.07, 6.45) is 5.00. The maximum Gasteiger partial charge on any atom is 0.184 e. The van der Waals surface area contributed by atoms with Gasteiger partial charge in [0.2, 0.25) is 0 Å². The molecule has 0 aromatic heterocycles. The van der Waals surface area contributed by atoms with E-state index >= 15 is 9.59 Å². The van der Waals surface area contributed by atoms with Crippen molar-refractivity contribution in [2.45, 2.75) is 93.4 Å². The van der Waals surface area contributed by atoms with Gasteiger partial charge in [0, 0.05) is 5.56 Å². The number of carbonyl (C=O) groups excluding carboxylic acids is 3. The number of rotatable bonds is 12. The molecule has 4 atom stereocenters. The van der Waals surface area contributed by atoms with E-state index in [-0.39, 0.29) is 42.4 Å². The fourth-order valence-electron chi connectivity index (χ4n) is 7.29. The summed E-state index contributed by atoms with van der Waals surface area (Å²) in [6.45, 7) is 26.0. The standard InChI is InChI=1S/C38H50O6/c1-22(2)11-13-27(25(7)8)20-38-34(43)31(32(41)26-14-16-29(39)30(40)19-26)33(42)37(35(38)44,18-17-24(5)6)21-28(36(38,9)10)15-12-23(3)4/h11,14,16,19,27-28,39-41H,3,5,7,12-13,15,17-18,20-21H2,1-2,4,6,8-10H3/b32-31-/t27-,28+,37+,38-/m0/s1. The van der Waals surface area contributed by atoms with Crippen molar-refractivity contribution < 1.29 is 29.7 Å². The molecule has 44 heavy (non-hydrogen) atoms. The molecule has 2 aliphatic rings. The van der Waals surface area contributed by atoms with Gasteiger partial charge in [-0.15, -0.1) is 13.2 Å². The molecular weight excluding hydrogens is 552 g/mol. The number of hydrogen-bond donors (Lipinski definition) is 3. The minimum atomic E-state index is -1.63. The summed E-state index contributed by atoms with van der Waals surface area (Å²) in [5, 5.41) is 31.7. The largest absolute Gasteiger partial charge is 0.506 e. The van der Waals surface area contributed by atoms with E-state index < -0.39 is 50.6 Å². The molecule has 0 aliphatic heterocycles. The Balaban J connectivity index is 2.44. The maximum absolute atomic E-state index is 15.2. The van der Waals surface area contributed by atoms with Crippen molar-refractivity contribution in [3.63, 3.8) is 0 Å². The van der Waals surface area contributed by atoms with Gasteiger partial charge < -0.3 is 15.3 Å². The van der Waals surface area contributed by atoms with Crippen LogP contribution in [0, 0.1) is 28.1 Å². The molecule has 0 unspecified atom stereocenters. The quantitative estimate of drug-likeness (QED) is 0.0551. The fraction of sp³-hybridized carbons (Fsp3) is 0.500. The smallest absolute Gasteiger partial charge is 0.184 e. The monoisotopic (exact) mass is 602 g/mol. The molecule has 1 aromatic rings. The lowest BCUT2D eigenvalue weighted by molar-refractivity contribution is -0.179. The molecule has 1 aromatic carbocycles. The Hall–Kier alpha value is -3.67. The predicted octanol–water partition coefficient (Wildman–Crippen LogP) is 8.76. The third-order valence-corrected chi connectivity index (χ3v) is 10.3. The number of aliphatic hydroxyl groups is 1. The van der Waals surface area contributed by atoms with Crippen LogP contribution in [0.2, 0.25) is 0 Å². The molecule has 3 rings (SSSR count). The number of allylic oxidation sites excluding steroid dienone is 6. The van der Waals surface area contributed by atoms with Crippen LogP contribution in [-0.4, -0.2) is 32.7 Å². The van der Waals surface area contributed by atoms with Crippen molar-refractivity contribution in [3.8, 4) is 11.5 Å². The van der Waals surface area contributed by atoms with Crippen molar-refractivity contribution in [2.75, 3.05) is 0 Å². The Bertz CT molecular complexity index is 1470. The van der Waals surface area contributed by atoms with Gasteiger partial charge in [-0.3, -0.25) is 14.4 Å². The first-order chi connectivity index (χ1) is 20.3. The number of fused-ring (bicyclic) bond motifs is 2. The summed E-state index contributed by atoms with van der Waals surface area (Å²) in [6, 6.07) is 3.64. The zero-order chi connectivity index (χ0) is 33.4. The minimum Gasteiger partial charge on any atom is -0.506 e. The van der Waals surface area contributed by atoms with Gasteiger partial charge in [0.05, 0.1) is 10.8 Å². The van der Waals surface area contributed by atoms with E-state index in [1.54, 1.807) is 0 Å². The van der Waals surface area contributed by atoms with Gasteiger partial charge in [-0.05, 0) is 115 Å². The fourth-order valence-corrected chi connectivity index (χ4v) is 7.29. The number of Topliss-reactive ketones (excluding diaryl/α,β-unsaturated/α-hetero) is 3. The van der Waals surface area contributed by atoms with Gasteiger partial charge in [-0.25, -0.2) is 0 Å². The highest BCUT2D eigenvalue weighted by Crippen LogP contribution is 2.66. The first-order valence-electron chi connectivity index (χ1n) is 15.5. The molecule has 0 heterocycles. The van der Waals surface area contributed by atoms with Crippen molar-refractivity contribution in [1.29, 1.82) is 0 Å². The zero-order valence-electron chi connectivity index (χ0n) is 27.6. The van der Waals surface area contributed by atoms with Gasteiger partial charge in [-0.1, -0.05) is 48.8 Å². The number of hydrogen-bond acceptors (Lipinski definition) is 6. The van der Waals surface area contributed by atoms with E-state index in [0.717, 1.165) is 28.4 Å². The van der Waals surface area contributed by atoms with Gasteiger partial charge in [0.15, 0.2) is 28.8 Å². The molecule has 0 saturated heterocycles. The van der Waals surface area contributed by atoms with E-state index in [2.05, 4.69) is 25.8 Å². The molecule has 6 heteroatoms. The van der Waals surface area contributed by atoms with Crippen LogP contribution in [0.1, 0.15) is 99.0 Å². The van der Waals surface area contributed by atoms with E-state index in [1.807, 2.05) is 48.5 Å². The Morgan fingerprint density at radius 2 is 1.57 bits per heavy atom. The van der Waals surface area contributed by atoms with Crippen molar-refractivity contribution in [1.82, 2.24) is 0 Å². The number of ketones is 3. The summed E-state index contributed by atoms with van der Waals surface area (Å²) < 4.78 is 0. The minimum absolute atomic E-state index is 0.00672. The molecule has 2 saturated carbocycles. The Morgan fingerprint density at radius 1 is 0.955 bits per heavy atom. The molecular formula is C38H50O6. The molecule has 0 radical (unpaired) electrons. The molecule has 6 nitrogen and oxygen atoms in total. The predicted molar refractivity (Wildman–Crippen MR) is 176 cm³/mol. The van der Waals surface area contributed by atoms with Crippen molar-refractivity contribution in [2.24, 2.45) is 28.1 Å². The van der Waals surface area contributed by atoms with Crippen LogP contribution >= 0.6 is 0 Å². The summed E-state index contributed by atoms with van der Waals surface area (Å²) in [5.74, 6) is -3.63. The highest BCUT2D eigenvalue weighted by molar-refractivity contribution is 6.41. The van der Waals surface area contributed by atoms with Crippen molar-refractivity contribution in [3.05, 3.63) is 77.4 Å². The Morgan fingerprint density at radius 3 is 2.09 bits per heavy atom. The van der Waals surface area contributed by atoms with Crippen LogP contribution in [0.15, 0.2) is 71.9 Å². The van der Waals surface area contributed by atoms with Gasteiger partial charge >= 0.3 is 0 Å². The van der Waals surface area contributed by atoms with E-state index in [9.17, 15) is 20.1 Å². The van der Waals surface area contributed by atoms with Crippen LogP contribution in [0.25, 0.3) is 5.76 Å². The van der Waals surface area contributed by atoms with E-state index in [4.69, 9.17) is 0 Å². The zero-order valence-corrected chi connectivity index (χ0v) is 27.6. The Kier molecular flexibility index (Phi) is 10.1. The highest BCUT2D eigenvalue weighted by atomic mass is 16.3. The van der Waals surface area contributed by atoms with Gasteiger partial charge in [0.25, 0.3) is 0 Å². The highest BCUT2D eigenvalue weighted by Gasteiger charge is 2.74. The molecule has 2 fully saturated rings. The normalized spacial score (nSPS) is 26.2. The number of benzene rings is 1. The van der Waals surface area contributed by atoms with E-state index in [1.165, 1.54) is 12.1 Å². The number of aliphatic hydroxyl groups excluding tert-OH is 1. The molecule has 2 bridgehead atoms. The second-order valence-corrected chi connectivity index (χ2v) is 14.2. The molecule has 2 aliphatic carbocycles.